The summed E-state index contributed by atoms with van der Waals surface area (Å²) in [5.41, 5.74) is 1.70. The van der Waals surface area contributed by atoms with Crippen LogP contribution in [0.15, 0.2) is 77.3 Å². The minimum atomic E-state index is -0.830. The van der Waals surface area contributed by atoms with Gasteiger partial charge in [0.2, 0.25) is 5.82 Å². The highest BCUT2D eigenvalue weighted by Crippen LogP contribution is 2.34. The molecule has 0 spiro atoms. The quantitative estimate of drug-likeness (QED) is 0.339. The number of halogens is 3. The summed E-state index contributed by atoms with van der Waals surface area (Å²) < 4.78 is 5.60. The van der Waals surface area contributed by atoms with Gasteiger partial charge in [-0.3, -0.25) is 4.79 Å². The van der Waals surface area contributed by atoms with Crippen LogP contribution in [-0.2, 0) is 0 Å². The van der Waals surface area contributed by atoms with Crippen LogP contribution in [0.1, 0.15) is 27.9 Å². The van der Waals surface area contributed by atoms with Crippen molar-refractivity contribution in [2.45, 2.75) is 6.04 Å². The Balaban J connectivity index is 1.83. The Morgan fingerprint density at radius 3 is 2.45 bits per heavy atom. The van der Waals surface area contributed by atoms with Crippen LogP contribution < -0.4 is 0 Å². The number of nitrogens with zero attached hydrogens (tertiary/aromatic N) is 3. The second kappa shape index (κ2) is 10.4. The van der Waals surface area contributed by atoms with Crippen LogP contribution in [0.3, 0.4) is 0 Å². The van der Waals surface area contributed by atoms with Crippen molar-refractivity contribution in [3.63, 3.8) is 0 Å². The second-order valence-corrected chi connectivity index (χ2v) is 8.38. The van der Waals surface area contributed by atoms with Crippen molar-refractivity contribution < 1.29 is 14.4 Å². The van der Waals surface area contributed by atoms with Crippen LogP contribution in [0.25, 0.3) is 11.4 Å². The zero-order valence-electron chi connectivity index (χ0n) is 17.2. The van der Waals surface area contributed by atoms with Gasteiger partial charge in [0.25, 0.3) is 11.8 Å². The number of aliphatic hydroxyl groups excluding tert-OH is 1. The maximum Gasteiger partial charge on any atom is 0.254 e. The molecule has 0 radical (unpaired) electrons. The number of amides is 1. The monoisotopic (exact) mass is 501 g/mol. The smallest absolute Gasteiger partial charge is 0.254 e. The first kappa shape index (κ1) is 23.3. The van der Waals surface area contributed by atoms with Crippen molar-refractivity contribution in [3.05, 3.63) is 105 Å². The van der Waals surface area contributed by atoms with E-state index < -0.39 is 6.04 Å². The second-order valence-electron chi connectivity index (χ2n) is 7.13. The minimum Gasteiger partial charge on any atom is -0.395 e. The average molecular weight is 503 g/mol. The third-order valence-electron chi connectivity index (χ3n) is 4.95. The Morgan fingerprint density at radius 1 is 0.970 bits per heavy atom. The van der Waals surface area contributed by atoms with E-state index in [-0.39, 0.29) is 24.9 Å². The molecule has 0 saturated heterocycles. The fraction of sp³-hybridized carbons (Fsp3) is 0.125. The number of carbonyl (C=O) groups excluding carboxylic acids is 1. The van der Waals surface area contributed by atoms with Gasteiger partial charge in [0.05, 0.1) is 16.7 Å². The molecule has 3 aromatic carbocycles. The van der Waals surface area contributed by atoms with Crippen molar-refractivity contribution in [2.75, 3.05) is 13.2 Å². The van der Waals surface area contributed by atoms with Gasteiger partial charge in [0, 0.05) is 22.7 Å². The molecule has 1 N–H and O–H groups in total. The number of hydrogen-bond donors (Lipinski definition) is 1. The van der Waals surface area contributed by atoms with E-state index in [1.807, 2.05) is 30.3 Å². The summed E-state index contributed by atoms with van der Waals surface area (Å²) in [4.78, 5) is 19.5. The SMILES string of the molecule is O=C(c1cccc(Cl)c1)N(CCO)C(c1ccc(Cl)c(Cl)c1)c1nc(-c2ccccc2)no1. The molecule has 33 heavy (non-hydrogen) atoms. The van der Waals surface area contributed by atoms with Gasteiger partial charge in [-0.2, -0.15) is 4.98 Å². The highest BCUT2D eigenvalue weighted by molar-refractivity contribution is 6.42. The highest BCUT2D eigenvalue weighted by Gasteiger charge is 2.32. The Morgan fingerprint density at radius 2 is 1.76 bits per heavy atom. The number of aliphatic hydroxyl groups is 1. The van der Waals surface area contributed by atoms with Crippen LogP contribution in [0, 0.1) is 0 Å². The first-order valence-electron chi connectivity index (χ1n) is 9.99. The topological polar surface area (TPSA) is 79.5 Å². The lowest BCUT2D eigenvalue weighted by Gasteiger charge is -2.29. The summed E-state index contributed by atoms with van der Waals surface area (Å²) in [6.45, 7) is -0.289. The van der Waals surface area contributed by atoms with Gasteiger partial charge in [0.15, 0.2) is 0 Å². The number of hydrogen-bond acceptors (Lipinski definition) is 5. The molecule has 0 bridgehead atoms. The summed E-state index contributed by atoms with van der Waals surface area (Å²) in [5, 5.41) is 15.0. The van der Waals surface area contributed by atoms with E-state index in [1.165, 1.54) is 4.90 Å². The average Bonchev–Trinajstić information content (AvgIpc) is 3.31. The van der Waals surface area contributed by atoms with Gasteiger partial charge in [-0.05, 0) is 35.9 Å². The molecule has 0 fully saturated rings. The lowest BCUT2D eigenvalue weighted by molar-refractivity contribution is 0.0635. The molecule has 0 aliphatic rings. The fourth-order valence-electron chi connectivity index (χ4n) is 3.43. The van der Waals surface area contributed by atoms with Crippen molar-refractivity contribution >= 4 is 40.7 Å². The third-order valence-corrected chi connectivity index (χ3v) is 5.93. The van der Waals surface area contributed by atoms with Crippen LogP contribution in [0.4, 0.5) is 0 Å². The van der Waals surface area contributed by atoms with Crippen LogP contribution >= 0.6 is 34.8 Å². The van der Waals surface area contributed by atoms with Crippen LogP contribution in [-0.4, -0.2) is 39.2 Å². The van der Waals surface area contributed by atoms with E-state index in [0.29, 0.717) is 32.0 Å². The molecule has 1 unspecified atom stereocenters. The summed E-state index contributed by atoms with van der Waals surface area (Å²) in [6, 6.07) is 20.0. The predicted octanol–water partition coefficient (Wildman–Crippen LogP) is 5.92. The Labute approximate surface area is 205 Å². The van der Waals surface area contributed by atoms with E-state index >= 15 is 0 Å². The summed E-state index contributed by atoms with van der Waals surface area (Å²) in [7, 11) is 0. The lowest BCUT2D eigenvalue weighted by atomic mass is 10.0. The fourth-order valence-corrected chi connectivity index (χ4v) is 3.93. The zero-order valence-corrected chi connectivity index (χ0v) is 19.4. The maximum atomic E-state index is 13.5. The van der Waals surface area contributed by atoms with Gasteiger partial charge >= 0.3 is 0 Å². The third kappa shape index (κ3) is 5.20. The normalized spacial score (nSPS) is 11.9. The summed E-state index contributed by atoms with van der Waals surface area (Å²) in [6.07, 6.45) is 0. The Bertz CT molecular complexity index is 1260. The molecule has 0 aliphatic heterocycles. The van der Waals surface area contributed by atoms with Gasteiger partial charge in [-0.1, -0.05) is 82.4 Å². The largest absolute Gasteiger partial charge is 0.395 e. The molecule has 6 nitrogen and oxygen atoms in total. The van der Waals surface area contributed by atoms with E-state index in [4.69, 9.17) is 39.3 Å². The summed E-state index contributed by atoms with van der Waals surface area (Å²) >= 11 is 18.5. The molecule has 0 saturated carbocycles. The first-order chi connectivity index (χ1) is 16.0. The van der Waals surface area contributed by atoms with Gasteiger partial charge in [0.1, 0.15) is 6.04 Å². The van der Waals surface area contributed by atoms with E-state index in [0.717, 1.165) is 5.56 Å². The van der Waals surface area contributed by atoms with Crippen LogP contribution in [0.2, 0.25) is 15.1 Å². The van der Waals surface area contributed by atoms with Crippen molar-refractivity contribution in [1.29, 1.82) is 0 Å². The Hall–Kier alpha value is -2.90. The highest BCUT2D eigenvalue weighted by atomic mass is 35.5. The van der Waals surface area contributed by atoms with E-state index in [1.54, 1.807) is 42.5 Å². The van der Waals surface area contributed by atoms with Crippen molar-refractivity contribution in [3.8, 4) is 11.4 Å². The maximum absolute atomic E-state index is 13.5. The molecule has 9 heteroatoms. The van der Waals surface area contributed by atoms with Gasteiger partial charge < -0.3 is 14.5 Å². The molecule has 4 aromatic rings. The number of benzene rings is 3. The number of aromatic nitrogens is 2. The molecule has 1 atom stereocenters. The van der Waals surface area contributed by atoms with E-state index in [2.05, 4.69) is 10.1 Å². The molecule has 1 amide bonds. The zero-order chi connectivity index (χ0) is 23.4. The molecule has 1 heterocycles. The summed E-state index contributed by atoms with van der Waals surface area (Å²) in [5.74, 6) is 0.160. The molecular formula is C24H18Cl3N3O3. The van der Waals surface area contributed by atoms with Crippen LogP contribution in [0.5, 0.6) is 0 Å². The lowest BCUT2D eigenvalue weighted by Crippen LogP contribution is -2.38. The number of rotatable bonds is 7. The van der Waals surface area contributed by atoms with Crippen molar-refractivity contribution in [1.82, 2.24) is 15.0 Å². The number of carbonyl (C=O) groups is 1. The van der Waals surface area contributed by atoms with E-state index in [9.17, 15) is 9.90 Å². The van der Waals surface area contributed by atoms with Crippen molar-refractivity contribution in [2.24, 2.45) is 0 Å². The minimum absolute atomic E-state index is 0.000685. The van der Waals surface area contributed by atoms with Gasteiger partial charge in [-0.25, -0.2) is 0 Å². The predicted molar refractivity (Wildman–Crippen MR) is 128 cm³/mol. The standard InChI is InChI=1S/C24H18Cl3N3O3/c25-18-8-4-7-17(13-18)24(32)30(11-12-31)21(16-9-10-19(26)20(27)14-16)23-28-22(29-33-23)15-5-2-1-3-6-15/h1-10,13-14,21,31H,11-12H2. The molecule has 168 valence electrons. The molecule has 4 rings (SSSR count). The molecule has 1 aromatic heterocycles. The van der Waals surface area contributed by atoms with Gasteiger partial charge in [-0.15, -0.1) is 0 Å². The Kier molecular flexibility index (Phi) is 7.30. The molecular weight excluding hydrogens is 485 g/mol. The molecule has 0 aliphatic carbocycles. The first-order valence-corrected chi connectivity index (χ1v) is 11.1.